The van der Waals surface area contributed by atoms with Crippen molar-refractivity contribution in [3.05, 3.63) is 33.9 Å². The Hall–Kier alpha value is -1.22. The van der Waals surface area contributed by atoms with Crippen LogP contribution in [0.3, 0.4) is 0 Å². The lowest BCUT2D eigenvalue weighted by Gasteiger charge is -2.19. The Kier molecular flexibility index (Phi) is 5.00. The summed E-state index contributed by atoms with van der Waals surface area (Å²) in [5.74, 6) is 0.436. The van der Waals surface area contributed by atoms with Crippen molar-refractivity contribution < 1.29 is 13.3 Å². The van der Waals surface area contributed by atoms with Gasteiger partial charge in [-0.25, -0.2) is 8.42 Å². The van der Waals surface area contributed by atoms with Crippen LogP contribution in [0, 0.1) is 28.9 Å². The highest BCUT2D eigenvalue weighted by atomic mass is 35.5. The highest BCUT2D eigenvalue weighted by Crippen LogP contribution is 2.40. The summed E-state index contributed by atoms with van der Waals surface area (Å²) in [4.78, 5) is 10.4. The number of halogens is 1. The second kappa shape index (κ2) is 6.35. The standard InChI is InChI=1S/C14H19N3O4S.ClH/c1-9-3-2-4-13(17(18)19)14(9)22(20,21)16-7-10-5-6-12(15)11(10)8-16;/h2-4,10-12H,5-8,15H2,1H3;1H. The van der Waals surface area contributed by atoms with Crippen molar-refractivity contribution in [1.82, 2.24) is 4.31 Å². The number of nitrogens with two attached hydrogens (primary N) is 1. The Morgan fingerprint density at radius 2 is 2.00 bits per heavy atom. The largest absolute Gasteiger partial charge is 0.327 e. The van der Waals surface area contributed by atoms with Crippen LogP contribution in [0.25, 0.3) is 0 Å². The molecular formula is C14H20ClN3O4S. The molecule has 9 heteroatoms. The average Bonchev–Trinajstić information content (AvgIpc) is 3.01. The summed E-state index contributed by atoms with van der Waals surface area (Å²) in [5, 5.41) is 11.2. The average molecular weight is 362 g/mol. The maximum absolute atomic E-state index is 12.9. The van der Waals surface area contributed by atoms with E-state index in [-0.39, 0.29) is 40.9 Å². The highest BCUT2D eigenvalue weighted by Gasteiger charge is 2.46. The molecule has 1 heterocycles. The van der Waals surface area contributed by atoms with E-state index in [0.29, 0.717) is 18.7 Å². The maximum Gasteiger partial charge on any atom is 0.289 e. The van der Waals surface area contributed by atoms with E-state index in [1.54, 1.807) is 13.0 Å². The second-order valence-electron chi connectivity index (χ2n) is 6.17. The SMILES string of the molecule is Cc1cccc([N+](=O)[O-])c1S(=O)(=O)N1CC2CCC(N)C2C1.Cl. The molecule has 0 aromatic heterocycles. The minimum Gasteiger partial charge on any atom is -0.327 e. The molecule has 1 aliphatic carbocycles. The van der Waals surface area contributed by atoms with Gasteiger partial charge in [0.2, 0.25) is 10.0 Å². The first-order chi connectivity index (χ1) is 10.3. The number of aryl methyl sites for hydroxylation is 1. The molecule has 0 spiro atoms. The summed E-state index contributed by atoms with van der Waals surface area (Å²) < 4.78 is 27.2. The van der Waals surface area contributed by atoms with Crippen molar-refractivity contribution >= 4 is 28.1 Å². The fraction of sp³-hybridized carbons (Fsp3) is 0.571. The fourth-order valence-electron chi connectivity index (χ4n) is 3.71. The van der Waals surface area contributed by atoms with Gasteiger partial charge in [0, 0.05) is 25.2 Å². The van der Waals surface area contributed by atoms with Gasteiger partial charge in [0.15, 0.2) is 4.90 Å². The molecule has 3 unspecified atom stereocenters. The molecule has 2 N–H and O–H groups in total. The van der Waals surface area contributed by atoms with E-state index < -0.39 is 14.9 Å². The van der Waals surface area contributed by atoms with Gasteiger partial charge in [0.05, 0.1) is 4.92 Å². The van der Waals surface area contributed by atoms with Gasteiger partial charge in [-0.05, 0) is 37.2 Å². The second-order valence-corrected chi connectivity index (χ2v) is 8.04. The lowest BCUT2D eigenvalue weighted by atomic mass is 9.98. The predicted octanol–water partition coefficient (Wildman–Crippen LogP) is 1.68. The first-order valence-corrected chi connectivity index (χ1v) is 8.76. The van der Waals surface area contributed by atoms with Crippen molar-refractivity contribution in [1.29, 1.82) is 0 Å². The molecule has 3 rings (SSSR count). The summed E-state index contributed by atoms with van der Waals surface area (Å²) >= 11 is 0. The summed E-state index contributed by atoms with van der Waals surface area (Å²) in [7, 11) is -3.87. The molecule has 1 aromatic carbocycles. The normalized spacial score (nSPS) is 27.5. The molecule has 1 aromatic rings. The van der Waals surface area contributed by atoms with E-state index in [1.165, 1.54) is 16.4 Å². The van der Waals surface area contributed by atoms with Gasteiger partial charge in [-0.2, -0.15) is 4.31 Å². The van der Waals surface area contributed by atoms with Crippen LogP contribution in [0.4, 0.5) is 5.69 Å². The smallest absolute Gasteiger partial charge is 0.289 e. The number of rotatable bonds is 3. The molecule has 0 amide bonds. The lowest BCUT2D eigenvalue weighted by Crippen LogP contribution is -2.34. The zero-order chi connectivity index (χ0) is 16.1. The molecule has 0 radical (unpaired) electrons. The van der Waals surface area contributed by atoms with E-state index in [2.05, 4.69) is 0 Å². The monoisotopic (exact) mass is 361 g/mol. The van der Waals surface area contributed by atoms with Gasteiger partial charge >= 0.3 is 0 Å². The number of hydrogen-bond donors (Lipinski definition) is 1. The molecule has 23 heavy (non-hydrogen) atoms. The number of nitro groups is 1. The molecule has 1 saturated heterocycles. The molecule has 1 aliphatic heterocycles. The van der Waals surface area contributed by atoms with E-state index in [0.717, 1.165) is 12.8 Å². The van der Waals surface area contributed by atoms with E-state index in [1.807, 2.05) is 0 Å². The molecule has 1 saturated carbocycles. The zero-order valence-corrected chi connectivity index (χ0v) is 14.3. The number of hydrogen-bond acceptors (Lipinski definition) is 5. The molecule has 2 fully saturated rings. The minimum absolute atomic E-state index is 0. The van der Waals surface area contributed by atoms with Crippen LogP contribution < -0.4 is 5.73 Å². The van der Waals surface area contributed by atoms with E-state index in [4.69, 9.17) is 5.73 Å². The van der Waals surface area contributed by atoms with Crippen LogP contribution in [0.1, 0.15) is 18.4 Å². The number of nitro benzene ring substituents is 1. The Labute approximate surface area is 141 Å². The zero-order valence-electron chi connectivity index (χ0n) is 12.7. The third kappa shape index (κ3) is 2.96. The topological polar surface area (TPSA) is 107 Å². The van der Waals surface area contributed by atoms with Crippen molar-refractivity contribution in [2.24, 2.45) is 17.6 Å². The maximum atomic E-state index is 12.9. The first kappa shape index (κ1) is 18.1. The number of sulfonamides is 1. The molecular weight excluding hydrogens is 342 g/mol. The van der Waals surface area contributed by atoms with E-state index in [9.17, 15) is 18.5 Å². The molecule has 2 aliphatic rings. The summed E-state index contributed by atoms with van der Waals surface area (Å²) in [6.07, 6.45) is 1.85. The molecule has 7 nitrogen and oxygen atoms in total. The number of nitrogens with zero attached hydrogens (tertiary/aromatic N) is 2. The first-order valence-electron chi connectivity index (χ1n) is 7.32. The highest BCUT2D eigenvalue weighted by molar-refractivity contribution is 7.89. The Morgan fingerprint density at radius 3 is 2.61 bits per heavy atom. The quantitative estimate of drug-likeness (QED) is 0.651. The number of benzene rings is 1. The Morgan fingerprint density at radius 1 is 1.30 bits per heavy atom. The van der Waals surface area contributed by atoms with Gasteiger partial charge in [0.1, 0.15) is 0 Å². The van der Waals surface area contributed by atoms with E-state index >= 15 is 0 Å². The number of fused-ring (bicyclic) bond motifs is 1. The van der Waals surface area contributed by atoms with Gasteiger partial charge in [0.25, 0.3) is 5.69 Å². The van der Waals surface area contributed by atoms with Gasteiger partial charge in [-0.3, -0.25) is 10.1 Å². The van der Waals surface area contributed by atoms with Gasteiger partial charge < -0.3 is 5.73 Å². The Bertz CT molecular complexity index is 725. The van der Waals surface area contributed by atoms with Crippen molar-refractivity contribution in [2.75, 3.05) is 13.1 Å². The van der Waals surface area contributed by atoms with Crippen LogP contribution >= 0.6 is 12.4 Å². The summed E-state index contributed by atoms with van der Waals surface area (Å²) in [6, 6.07) is 4.35. The predicted molar refractivity (Wildman–Crippen MR) is 88.0 cm³/mol. The molecule has 0 bridgehead atoms. The summed E-state index contributed by atoms with van der Waals surface area (Å²) in [6.45, 7) is 2.36. The van der Waals surface area contributed by atoms with Crippen LogP contribution in [0.15, 0.2) is 23.1 Å². The van der Waals surface area contributed by atoms with Gasteiger partial charge in [-0.15, -0.1) is 12.4 Å². The van der Waals surface area contributed by atoms with Crippen LogP contribution in [0.2, 0.25) is 0 Å². The third-order valence-electron chi connectivity index (χ3n) is 4.86. The summed E-state index contributed by atoms with van der Waals surface area (Å²) in [5.41, 5.74) is 6.08. The fourth-order valence-corrected chi connectivity index (χ4v) is 5.60. The van der Waals surface area contributed by atoms with Crippen molar-refractivity contribution in [2.45, 2.75) is 30.7 Å². The van der Waals surface area contributed by atoms with Gasteiger partial charge in [-0.1, -0.05) is 12.1 Å². The lowest BCUT2D eigenvalue weighted by molar-refractivity contribution is -0.387. The minimum atomic E-state index is -3.87. The molecule has 128 valence electrons. The third-order valence-corrected chi connectivity index (χ3v) is 6.89. The van der Waals surface area contributed by atoms with Crippen molar-refractivity contribution in [3.8, 4) is 0 Å². The molecule has 3 atom stereocenters. The van der Waals surface area contributed by atoms with Crippen LogP contribution in [0.5, 0.6) is 0 Å². The van der Waals surface area contributed by atoms with Crippen LogP contribution in [-0.4, -0.2) is 36.8 Å². The van der Waals surface area contributed by atoms with Crippen molar-refractivity contribution in [3.63, 3.8) is 0 Å². The Balaban J connectivity index is 0.00000192. The van der Waals surface area contributed by atoms with Crippen LogP contribution in [-0.2, 0) is 10.0 Å².